The highest BCUT2D eigenvalue weighted by atomic mass is 33.1. The van der Waals surface area contributed by atoms with Gasteiger partial charge in [0.2, 0.25) is 29.5 Å². The summed E-state index contributed by atoms with van der Waals surface area (Å²) in [5, 5.41) is 13.4. The highest BCUT2D eigenvalue weighted by molar-refractivity contribution is 8.76. The van der Waals surface area contributed by atoms with Crippen LogP contribution in [-0.4, -0.2) is 122 Å². The molecule has 0 aliphatic carbocycles. The number of nitrogens with zero attached hydrogens (tertiary/aromatic N) is 1. The van der Waals surface area contributed by atoms with Crippen molar-refractivity contribution in [2.24, 2.45) is 5.92 Å². The molecule has 5 amide bonds. The molecule has 2 saturated heterocycles. The van der Waals surface area contributed by atoms with Crippen molar-refractivity contribution in [3.8, 4) is 0 Å². The maximum atomic E-state index is 13.5. The molecule has 0 saturated carbocycles. The van der Waals surface area contributed by atoms with Crippen molar-refractivity contribution in [1.29, 1.82) is 0 Å². The van der Waals surface area contributed by atoms with E-state index in [0.29, 0.717) is 38.5 Å². The standard InChI is InChI=1S/C28H44N6O8S2/c1-18(2)25-28(40)30-16-24(37)42-19-5-3-4-14-43-44-17-21(27(39)33-25)32-26(38)20(31-23(36)15-19)6-7-22(35)29-8-9-34-10-12-41-13-11-34/h3,5,18-21,25H,4,6-17H2,1-2H3,(H,29,35)(H,30,40)(H,31,36)(H,32,38)(H,33,39)/b5-3+/t19-,20-,21+,25-/m1/s1. The Kier molecular flexibility index (Phi) is 15.3. The Labute approximate surface area is 265 Å². The molecule has 0 aromatic rings. The number of amides is 5. The SMILES string of the molecule is CC(C)[C@H]1NC(=O)[C@@H]2CSSCC/C=C/[C@H](CC(=O)N[C@H](CCC(=O)NCCN3CCOCC3)C(=O)N2)OC(=O)CNC1=O. The number of carbonyl (C=O) groups excluding carboxylic acids is 6. The Morgan fingerprint density at radius 3 is 2.57 bits per heavy atom. The first kappa shape index (κ1) is 35.7. The zero-order valence-electron chi connectivity index (χ0n) is 25.3. The van der Waals surface area contributed by atoms with Gasteiger partial charge in [-0.1, -0.05) is 41.5 Å². The van der Waals surface area contributed by atoms with E-state index in [1.807, 2.05) is 0 Å². The van der Waals surface area contributed by atoms with Crippen LogP contribution in [-0.2, 0) is 38.2 Å². The molecule has 4 atom stereocenters. The van der Waals surface area contributed by atoms with Gasteiger partial charge in [0.1, 0.15) is 30.8 Å². The normalized spacial score (nSPS) is 27.7. The molecular formula is C28H44N6O8S2. The molecule has 3 aliphatic heterocycles. The fraction of sp³-hybridized carbons (Fsp3) is 0.714. The minimum atomic E-state index is -1.14. The Morgan fingerprint density at radius 2 is 1.82 bits per heavy atom. The first-order valence-corrected chi connectivity index (χ1v) is 17.5. The van der Waals surface area contributed by atoms with E-state index in [0.717, 1.165) is 13.1 Å². The molecule has 2 bridgehead atoms. The van der Waals surface area contributed by atoms with E-state index in [1.165, 1.54) is 21.6 Å². The Bertz CT molecular complexity index is 1060. The van der Waals surface area contributed by atoms with Crippen LogP contribution in [0.5, 0.6) is 0 Å². The molecule has 0 spiro atoms. The fourth-order valence-corrected chi connectivity index (χ4v) is 6.82. The third-order valence-corrected chi connectivity index (χ3v) is 9.61. The van der Waals surface area contributed by atoms with Gasteiger partial charge in [0.25, 0.3) is 0 Å². The second kappa shape index (κ2) is 18.9. The van der Waals surface area contributed by atoms with E-state index < -0.39 is 60.4 Å². The van der Waals surface area contributed by atoms with Crippen LogP contribution in [0.4, 0.5) is 0 Å². The number of rotatable bonds is 7. The topological polar surface area (TPSA) is 184 Å². The third kappa shape index (κ3) is 12.7. The van der Waals surface area contributed by atoms with Crippen molar-refractivity contribution in [2.45, 2.75) is 63.8 Å². The van der Waals surface area contributed by atoms with Crippen molar-refractivity contribution in [2.75, 3.05) is 57.4 Å². The summed E-state index contributed by atoms with van der Waals surface area (Å²) in [6.07, 6.45) is 2.76. The van der Waals surface area contributed by atoms with Gasteiger partial charge in [-0.05, 0) is 24.8 Å². The van der Waals surface area contributed by atoms with Gasteiger partial charge in [0.05, 0.1) is 19.6 Å². The van der Waals surface area contributed by atoms with Gasteiger partial charge in [-0.3, -0.25) is 33.7 Å². The number of ether oxygens (including phenoxy) is 2. The maximum absolute atomic E-state index is 13.5. The number of morpholine rings is 1. The fourth-order valence-electron chi connectivity index (χ4n) is 4.66. The van der Waals surface area contributed by atoms with Gasteiger partial charge < -0.3 is 36.1 Å². The molecule has 44 heavy (non-hydrogen) atoms. The molecule has 3 aliphatic rings. The van der Waals surface area contributed by atoms with Gasteiger partial charge in [-0.25, -0.2) is 0 Å². The lowest BCUT2D eigenvalue weighted by Crippen LogP contribution is -2.59. The Hall–Kier alpha value is -2.82. The molecule has 16 heteroatoms. The molecule has 5 N–H and O–H groups in total. The predicted octanol–water partition coefficient (Wildman–Crippen LogP) is -0.902. The lowest BCUT2D eigenvalue weighted by atomic mass is 10.0. The average molecular weight is 657 g/mol. The molecule has 0 radical (unpaired) electrons. The third-order valence-electron chi connectivity index (χ3n) is 7.16. The average Bonchev–Trinajstić information content (AvgIpc) is 2.99. The molecule has 14 nitrogen and oxygen atoms in total. The first-order chi connectivity index (χ1) is 21.1. The summed E-state index contributed by atoms with van der Waals surface area (Å²) in [7, 11) is 2.89. The van der Waals surface area contributed by atoms with E-state index in [4.69, 9.17) is 9.47 Å². The summed E-state index contributed by atoms with van der Waals surface area (Å²) in [5.74, 6) is -2.84. The number of hydrogen-bond acceptors (Lipinski definition) is 11. The second-order valence-corrected chi connectivity index (χ2v) is 13.7. The number of esters is 1. The van der Waals surface area contributed by atoms with Crippen LogP contribution in [0.25, 0.3) is 0 Å². The zero-order chi connectivity index (χ0) is 31.9. The zero-order valence-corrected chi connectivity index (χ0v) is 26.9. The quantitative estimate of drug-likeness (QED) is 0.130. The molecule has 0 aromatic heterocycles. The van der Waals surface area contributed by atoms with Crippen LogP contribution < -0.4 is 26.6 Å². The van der Waals surface area contributed by atoms with Gasteiger partial charge >= 0.3 is 5.97 Å². The first-order valence-electron chi connectivity index (χ1n) is 15.0. The summed E-state index contributed by atoms with van der Waals surface area (Å²) in [4.78, 5) is 80.3. The van der Waals surface area contributed by atoms with Gasteiger partial charge in [0.15, 0.2) is 0 Å². The van der Waals surface area contributed by atoms with Gasteiger partial charge in [-0.15, -0.1) is 0 Å². The van der Waals surface area contributed by atoms with Crippen LogP contribution in [0.2, 0.25) is 0 Å². The van der Waals surface area contributed by atoms with E-state index in [9.17, 15) is 28.8 Å². The molecule has 3 heterocycles. The van der Waals surface area contributed by atoms with Crippen LogP contribution in [0.15, 0.2) is 12.2 Å². The van der Waals surface area contributed by atoms with Gasteiger partial charge in [0, 0.05) is 44.1 Å². The number of fused-ring (bicyclic) bond motifs is 7. The van der Waals surface area contributed by atoms with Crippen LogP contribution in [0, 0.1) is 5.92 Å². The second-order valence-electron chi connectivity index (χ2n) is 11.0. The van der Waals surface area contributed by atoms with E-state index in [2.05, 4.69) is 31.5 Å². The summed E-state index contributed by atoms with van der Waals surface area (Å²) in [5.41, 5.74) is 0. The lowest BCUT2D eigenvalue weighted by Gasteiger charge is -2.27. The summed E-state index contributed by atoms with van der Waals surface area (Å²) >= 11 is 0. The van der Waals surface area contributed by atoms with E-state index in [-0.39, 0.29) is 36.8 Å². The van der Waals surface area contributed by atoms with Crippen molar-refractivity contribution < 1.29 is 38.2 Å². The minimum absolute atomic E-state index is 0.0193. The summed E-state index contributed by atoms with van der Waals surface area (Å²) in [6, 6.07) is -3.13. The summed E-state index contributed by atoms with van der Waals surface area (Å²) < 4.78 is 10.8. The minimum Gasteiger partial charge on any atom is -0.456 e. The number of nitrogens with one attached hydrogen (secondary N) is 5. The van der Waals surface area contributed by atoms with Crippen molar-refractivity contribution in [1.82, 2.24) is 31.5 Å². The van der Waals surface area contributed by atoms with Crippen molar-refractivity contribution in [3.05, 3.63) is 12.2 Å². The van der Waals surface area contributed by atoms with Gasteiger partial charge in [-0.2, -0.15) is 0 Å². The lowest BCUT2D eigenvalue weighted by molar-refractivity contribution is -0.148. The molecule has 0 aromatic carbocycles. The molecule has 3 rings (SSSR count). The maximum Gasteiger partial charge on any atom is 0.326 e. The number of carbonyl (C=O) groups is 6. The highest BCUT2D eigenvalue weighted by Gasteiger charge is 2.32. The number of hydrogen-bond donors (Lipinski definition) is 5. The molecular weight excluding hydrogens is 612 g/mol. The Balaban J connectivity index is 1.78. The summed E-state index contributed by atoms with van der Waals surface area (Å²) in [6.45, 7) is 7.06. The number of allylic oxidation sites excluding steroid dienone is 1. The van der Waals surface area contributed by atoms with Crippen LogP contribution >= 0.6 is 21.6 Å². The van der Waals surface area contributed by atoms with Crippen LogP contribution in [0.3, 0.4) is 0 Å². The van der Waals surface area contributed by atoms with E-state index >= 15 is 0 Å². The largest absolute Gasteiger partial charge is 0.456 e. The molecule has 0 unspecified atom stereocenters. The van der Waals surface area contributed by atoms with E-state index in [1.54, 1.807) is 26.0 Å². The highest BCUT2D eigenvalue weighted by Crippen LogP contribution is 2.24. The Morgan fingerprint density at radius 1 is 1.05 bits per heavy atom. The van der Waals surface area contributed by atoms with Crippen molar-refractivity contribution in [3.63, 3.8) is 0 Å². The molecule has 2 fully saturated rings. The van der Waals surface area contributed by atoms with Crippen LogP contribution in [0.1, 0.15) is 39.5 Å². The predicted molar refractivity (Wildman–Crippen MR) is 166 cm³/mol. The smallest absolute Gasteiger partial charge is 0.326 e. The monoisotopic (exact) mass is 656 g/mol. The van der Waals surface area contributed by atoms with Crippen molar-refractivity contribution >= 4 is 57.1 Å². The molecule has 246 valence electrons.